The highest BCUT2D eigenvalue weighted by Gasteiger charge is 2.31. The van der Waals surface area contributed by atoms with E-state index in [9.17, 15) is 10.1 Å². The third kappa shape index (κ3) is 3.53. The van der Waals surface area contributed by atoms with Crippen molar-refractivity contribution in [3.05, 3.63) is 10.1 Å². The molecule has 0 radical (unpaired) electrons. The summed E-state index contributed by atoms with van der Waals surface area (Å²) in [5, 5.41) is 23.0. The van der Waals surface area contributed by atoms with Gasteiger partial charge in [0, 0.05) is 19.6 Å². The zero-order valence-electron chi connectivity index (χ0n) is 12.8. The minimum Gasteiger partial charge on any atom is -0.395 e. The molecule has 122 valence electrons. The predicted octanol–water partition coefficient (Wildman–Crippen LogP) is 0.854. The van der Waals surface area contributed by atoms with Crippen LogP contribution in [0.15, 0.2) is 0 Å². The molecular weight excluding hydrogens is 288 g/mol. The zero-order chi connectivity index (χ0) is 16.3. The molecule has 1 aromatic heterocycles. The van der Waals surface area contributed by atoms with Crippen molar-refractivity contribution in [2.24, 2.45) is 11.8 Å². The van der Waals surface area contributed by atoms with Gasteiger partial charge in [0.15, 0.2) is 0 Å². The molecular formula is C13H22N6O3. The van der Waals surface area contributed by atoms with Gasteiger partial charge in [-0.1, -0.05) is 13.8 Å². The predicted molar refractivity (Wildman–Crippen MR) is 83.8 cm³/mol. The van der Waals surface area contributed by atoms with Crippen LogP contribution >= 0.6 is 0 Å². The summed E-state index contributed by atoms with van der Waals surface area (Å²) >= 11 is 0. The first-order valence-electron chi connectivity index (χ1n) is 7.34. The Balaban J connectivity index is 2.41. The van der Waals surface area contributed by atoms with Crippen LogP contribution in [0.3, 0.4) is 0 Å². The molecule has 0 unspecified atom stereocenters. The van der Waals surface area contributed by atoms with Gasteiger partial charge in [0.05, 0.1) is 11.5 Å². The van der Waals surface area contributed by atoms with Gasteiger partial charge in [-0.15, -0.1) is 0 Å². The second-order valence-electron chi connectivity index (χ2n) is 5.86. The number of nitro groups is 1. The summed E-state index contributed by atoms with van der Waals surface area (Å²) in [6.45, 7) is 5.78. The van der Waals surface area contributed by atoms with E-state index in [4.69, 9.17) is 10.8 Å². The van der Waals surface area contributed by atoms with Gasteiger partial charge in [0.1, 0.15) is 0 Å². The highest BCUT2D eigenvalue weighted by Crippen LogP contribution is 2.35. The van der Waals surface area contributed by atoms with Crippen LogP contribution in [0.1, 0.15) is 20.3 Å². The first-order valence-corrected chi connectivity index (χ1v) is 7.34. The van der Waals surface area contributed by atoms with Crippen molar-refractivity contribution in [3.8, 4) is 0 Å². The maximum absolute atomic E-state index is 11.3. The van der Waals surface area contributed by atoms with Crippen LogP contribution in [0.5, 0.6) is 0 Å². The maximum Gasteiger partial charge on any atom is 0.353 e. The highest BCUT2D eigenvalue weighted by atomic mass is 16.6. The van der Waals surface area contributed by atoms with Crippen LogP contribution in [0.4, 0.5) is 23.3 Å². The molecule has 9 nitrogen and oxygen atoms in total. The summed E-state index contributed by atoms with van der Waals surface area (Å²) in [6.07, 6.45) is 1.08. The van der Waals surface area contributed by atoms with E-state index in [0.29, 0.717) is 24.9 Å². The molecule has 0 aliphatic carbocycles. The van der Waals surface area contributed by atoms with Crippen molar-refractivity contribution in [2.45, 2.75) is 20.3 Å². The van der Waals surface area contributed by atoms with Crippen molar-refractivity contribution in [2.75, 3.05) is 42.2 Å². The van der Waals surface area contributed by atoms with Crippen LogP contribution in [0.25, 0.3) is 0 Å². The number of rotatable bonds is 5. The Morgan fingerprint density at radius 1 is 1.41 bits per heavy atom. The number of aromatic nitrogens is 2. The van der Waals surface area contributed by atoms with E-state index in [0.717, 1.165) is 6.42 Å². The van der Waals surface area contributed by atoms with E-state index in [1.54, 1.807) is 0 Å². The summed E-state index contributed by atoms with van der Waals surface area (Å²) < 4.78 is 0. The molecule has 1 saturated heterocycles. The molecule has 0 spiro atoms. The number of anilines is 3. The topological polar surface area (TPSA) is 130 Å². The average molecular weight is 310 g/mol. The van der Waals surface area contributed by atoms with Gasteiger partial charge in [0.2, 0.25) is 17.6 Å². The standard InChI is InChI=1S/C13H22N6O3/c1-8-5-9(2)7-18(6-8)12-10(19(21)22)11(14)16-13(17-12)15-3-4-20/h8-9,20H,3-7H2,1-2H3,(H3,14,15,16,17)/t8-,9+. The molecule has 2 heterocycles. The Morgan fingerprint density at radius 2 is 2.05 bits per heavy atom. The highest BCUT2D eigenvalue weighted by molar-refractivity contribution is 5.71. The fourth-order valence-corrected chi connectivity index (χ4v) is 2.94. The summed E-state index contributed by atoms with van der Waals surface area (Å²) in [6, 6.07) is 0. The molecule has 0 bridgehead atoms. The van der Waals surface area contributed by atoms with E-state index in [1.807, 2.05) is 4.90 Å². The number of nitrogens with one attached hydrogen (secondary N) is 1. The van der Waals surface area contributed by atoms with Gasteiger partial charge in [-0.2, -0.15) is 9.97 Å². The fraction of sp³-hybridized carbons (Fsp3) is 0.692. The minimum absolute atomic E-state index is 0.0899. The number of piperidine rings is 1. The van der Waals surface area contributed by atoms with Crippen molar-refractivity contribution < 1.29 is 10.0 Å². The van der Waals surface area contributed by atoms with Gasteiger partial charge in [-0.3, -0.25) is 10.1 Å². The van der Waals surface area contributed by atoms with Gasteiger partial charge < -0.3 is 21.1 Å². The smallest absolute Gasteiger partial charge is 0.353 e. The minimum atomic E-state index is -0.537. The summed E-state index contributed by atoms with van der Waals surface area (Å²) in [5.74, 6) is 1.12. The Labute approximate surface area is 128 Å². The van der Waals surface area contributed by atoms with Crippen molar-refractivity contribution >= 4 is 23.3 Å². The maximum atomic E-state index is 11.3. The van der Waals surface area contributed by atoms with E-state index >= 15 is 0 Å². The number of hydrogen-bond acceptors (Lipinski definition) is 8. The molecule has 1 aromatic rings. The zero-order valence-corrected chi connectivity index (χ0v) is 12.8. The lowest BCUT2D eigenvalue weighted by Crippen LogP contribution is -2.39. The average Bonchev–Trinajstić information content (AvgIpc) is 2.42. The van der Waals surface area contributed by atoms with Gasteiger partial charge in [0.25, 0.3) is 0 Å². The SMILES string of the molecule is C[C@@H]1C[C@H](C)CN(c2nc(NCCO)nc(N)c2[N+](=O)[O-])C1. The molecule has 2 atom stereocenters. The lowest BCUT2D eigenvalue weighted by Gasteiger charge is -2.35. The quantitative estimate of drug-likeness (QED) is 0.539. The number of nitrogens with zero attached hydrogens (tertiary/aromatic N) is 4. The third-order valence-electron chi connectivity index (χ3n) is 3.64. The van der Waals surface area contributed by atoms with Crippen LogP contribution in [-0.2, 0) is 0 Å². The molecule has 0 aromatic carbocycles. The Kier molecular flexibility index (Phi) is 4.96. The van der Waals surface area contributed by atoms with Crippen LogP contribution in [0, 0.1) is 22.0 Å². The Bertz CT molecular complexity index is 543. The molecule has 1 aliphatic rings. The monoisotopic (exact) mass is 310 g/mol. The number of aliphatic hydroxyl groups excluding tert-OH is 1. The molecule has 4 N–H and O–H groups in total. The number of nitrogens with two attached hydrogens (primary N) is 1. The van der Waals surface area contributed by atoms with E-state index < -0.39 is 4.92 Å². The molecule has 2 rings (SSSR count). The van der Waals surface area contributed by atoms with Gasteiger partial charge in [-0.05, 0) is 18.3 Å². The van der Waals surface area contributed by atoms with Crippen molar-refractivity contribution in [1.29, 1.82) is 0 Å². The normalized spacial score (nSPS) is 21.7. The third-order valence-corrected chi connectivity index (χ3v) is 3.64. The molecule has 9 heteroatoms. The van der Waals surface area contributed by atoms with Crippen LogP contribution < -0.4 is 16.0 Å². The lowest BCUT2D eigenvalue weighted by atomic mass is 9.92. The number of nitrogen functional groups attached to an aromatic ring is 1. The van der Waals surface area contributed by atoms with E-state index in [1.165, 1.54) is 0 Å². The summed E-state index contributed by atoms with van der Waals surface area (Å²) in [7, 11) is 0. The first kappa shape index (κ1) is 16.2. The summed E-state index contributed by atoms with van der Waals surface area (Å²) in [5.41, 5.74) is 5.50. The molecule has 0 saturated carbocycles. The summed E-state index contributed by atoms with van der Waals surface area (Å²) in [4.78, 5) is 20.9. The molecule has 22 heavy (non-hydrogen) atoms. The molecule has 0 amide bonds. The molecule has 1 fully saturated rings. The second-order valence-corrected chi connectivity index (χ2v) is 5.86. The number of aliphatic hydroxyl groups is 1. The van der Waals surface area contributed by atoms with Crippen LogP contribution in [-0.4, -0.2) is 46.2 Å². The van der Waals surface area contributed by atoms with Gasteiger partial charge >= 0.3 is 5.69 Å². The van der Waals surface area contributed by atoms with Gasteiger partial charge in [-0.25, -0.2) is 0 Å². The molecule has 1 aliphatic heterocycles. The number of hydrogen-bond donors (Lipinski definition) is 3. The fourth-order valence-electron chi connectivity index (χ4n) is 2.94. The van der Waals surface area contributed by atoms with Crippen molar-refractivity contribution in [1.82, 2.24) is 9.97 Å². The lowest BCUT2D eigenvalue weighted by molar-refractivity contribution is -0.383. The second kappa shape index (κ2) is 6.73. The Hall–Kier alpha value is -2.16. The van der Waals surface area contributed by atoms with Crippen LogP contribution in [0.2, 0.25) is 0 Å². The van der Waals surface area contributed by atoms with Crippen molar-refractivity contribution in [3.63, 3.8) is 0 Å². The largest absolute Gasteiger partial charge is 0.395 e. The Morgan fingerprint density at radius 3 is 2.59 bits per heavy atom. The first-order chi connectivity index (χ1) is 10.4. The van der Waals surface area contributed by atoms with E-state index in [2.05, 4.69) is 29.1 Å². The van der Waals surface area contributed by atoms with E-state index in [-0.39, 0.29) is 36.4 Å².